The fourth-order valence-electron chi connectivity index (χ4n) is 3.09. The number of hydrogen-bond donors (Lipinski definition) is 0. The van der Waals surface area contributed by atoms with Crippen LogP contribution >= 0.6 is 0 Å². The predicted octanol–water partition coefficient (Wildman–Crippen LogP) is 3.55. The molecule has 1 aliphatic rings. The molecule has 2 aromatic carbocycles. The number of nitrogens with zero attached hydrogens (tertiary/aromatic N) is 3. The molecule has 0 radical (unpaired) electrons. The van der Waals surface area contributed by atoms with E-state index in [1.54, 1.807) is 6.20 Å². The van der Waals surface area contributed by atoms with Crippen molar-refractivity contribution in [2.45, 2.75) is 13.2 Å². The summed E-state index contributed by atoms with van der Waals surface area (Å²) >= 11 is 0. The van der Waals surface area contributed by atoms with Gasteiger partial charge in [-0.15, -0.1) is 0 Å². The topological polar surface area (TPSA) is 47.5 Å². The van der Waals surface area contributed by atoms with Gasteiger partial charge in [0.05, 0.1) is 18.9 Å². The molecule has 2 heterocycles. The maximum atomic E-state index is 5.79. The van der Waals surface area contributed by atoms with Crippen molar-refractivity contribution < 1.29 is 9.47 Å². The maximum absolute atomic E-state index is 5.79. The average Bonchev–Trinajstić information content (AvgIpc) is 2.75. The Bertz CT molecular complexity index is 847. The van der Waals surface area contributed by atoms with Crippen LogP contribution in [0.3, 0.4) is 0 Å². The van der Waals surface area contributed by atoms with Crippen LogP contribution in [-0.4, -0.2) is 41.2 Å². The quantitative estimate of drug-likeness (QED) is 0.672. The molecule has 0 saturated carbocycles. The zero-order chi connectivity index (χ0) is 18.3. The lowest BCUT2D eigenvalue weighted by molar-refractivity contribution is 0.0342. The van der Waals surface area contributed by atoms with Crippen LogP contribution in [0, 0.1) is 0 Å². The lowest BCUT2D eigenvalue weighted by Crippen LogP contribution is -2.35. The minimum atomic E-state index is 0.397. The van der Waals surface area contributed by atoms with Crippen molar-refractivity contribution >= 4 is 0 Å². The van der Waals surface area contributed by atoms with Crippen molar-refractivity contribution in [2.75, 3.05) is 26.3 Å². The van der Waals surface area contributed by atoms with E-state index < -0.39 is 0 Å². The Labute approximate surface area is 159 Å². The van der Waals surface area contributed by atoms with Crippen LogP contribution in [0.15, 0.2) is 66.9 Å². The van der Waals surface area contributed by atoms with Gasteiger partial charge in [0.25, 0.3) is 0 Å². The third kappa shape index (κ3) is 4.90. The first kappa shape index (κ1) is 17.6. The van der Waals surface area contributed by atoms with Gasteiger partial charge < -0.3 is 9.47 Å². The van der Waals surface area contributed by atoms with Crippen molar-refractivity contribution in [2.24, 2.45) is 0 Å². The molecule has 27 heavy (non-hydrogen) atoms. The van der Waals surface area contributed by atoms with Gasteiger partial charge in [-0.1, -0.05) is 54.6 Å². The van der Waals surface area contributed by atoms with Crippen molar-refractivity contribution in [3.8, 4) is 17.3 Å². The van der Waals surface area contributed by atoms with Crippen LogP contribution in [0.2, 0.25) is 0 Å². The summed E-state index contributed by atoms with van der Waals surface area (Å²) in [6.07, 6.45) is 1.73. The molecule has 0 amide bonds. The van der Waals surface area contributed by atoms with E-state index in [4.69, 9.17) is 9.47 Å². The number of rotatable bonds is 6. The Balaban J connectivity index is 1.34. The van der Waals surface area contributed by atoms with E-state index in [1.807, 2.05) is 36.4 Å². The highest BCUT2D eigenvalue weighted by molar-refractivity contribution is 5.58. The van der Waals surface area contributed by atoms with Gasteiger partial charge in [-0.25, -0.2) is 4.98 Å². The Kier molecular flexibility index (Phi) is 5.72. The Hall–Kier alpha value is -2.76. The second kappa shape index (κ2) is 8.75. The molecule has 0 aliphatic carbocycles. The van der Waals surface area contributed by atoms with Crippen LogP contribution in [0.5, 0.6) is 6.01 Å². The standard InChI is InChI=1S/C22H23N3O2/c1-2-4-20(5-3-1)21-10-11-23-22(24-21)27-17-19-8-6-18(7-9-19)16-25-12-14-26-15-13-25/h1-11H,12-17H2. The van der Waals surface area contributed by atoms with E-state index in [0.29, 0.717) is 12.6 Å². The van der Waals surface area contributed by atoms with Crippen molar-refractivity contribution in [1.82, 2.24) is 14.9 Å². The molecule has 0 bridgehead atoms. The van der Waals surface area contributed by atoms with Crippen molar-refractivity contribution in [3.05, 3.63) is 78.0 Å². The van der Waals surface area contributed by atoms with Crippen LogP contribution in [0.25, 0.3) is 11.3 Å². The first-order chi connectivity index (χ1) is 13.4. The Morgan fingerprint density at radius 3 is 2.41 bits per heavy atom. The minimum absolute atomic E-state index is 0.397. The normalized spacial score (nSPS) is 14.8. The SMILES string of the molecule is c1ccc(-c2ccnc(OCc3ccc(CN4CCOCC4)cc3)n2)cc1. The summed E-state index contributed by atoms with van der Waals surface area (Å²) in [6, 6.07) is 20.9. The molecular formula is C22H23N3O2. The molecule has 0 atom stereocenters. The number of morpholine rings is 1. The zero-order valence-electron chi connectivity index (χ0n) is 15.3. The fourth-order valence-corrected chi connectivity index (χ4v) is 3.09. The molecule has 5 nitrogen and oxygen atoms in total. The van der Waals surface area contributed by atoms with E-state index in [0.717, 1.165) is 49.7 Å². The van der Waals surface area contributed by atoms with Gasteiger partial charge in [0, 0.05) is 31.4 Å². The van der Waals surface area contributed by atoms with Crippen LogP contribution in [-0.2, 0) is 17.9 Å². The highest BCUT2D eigenvalue weighted by Crippen LogP contribution is 2.18. The molecule has 138 valence electrons. The molecule has 0 unspecified atom stereocenters. The van der Waals surface area contributed by atoms with Gasteiger partial charge in [-0.3, -0.25) is 4.90 Å². The molecule has 4 rings (SSSR count). The Morgan fingerprint density at radius 2 is 1.63 bits per heavy atom. The summed E-state index contributed by atoms with van der Waals surface area (Å²) in [6.45, 7) is 5.07. The molecule has 3 aromatic rings. The lowest BCUT2D eigenvalue weighted by atomic mass is 10.1. The first-order valence-electron chi connectivity index (χ1n) is 9.26. The number of hydrogen-bond acceptors (Lipinski definition) is 5. The van der Waals surface area contributed by atoms with Crippen molar-refractivity contribution in [1.29, 1.82) is 0 Å². The maximum Gasteiger partial charge on any atom is 0.317 e. The minimum Gasteiger partial charge on any atom is -0.459 e. The molecule has 1 aromatic heterocycles. The number of benzene rings is 2. The summed E-state index contributed by atoms with van der Waals surface area (Å²) in [5, 5.41) is 0. The molecule has 0 spiro atoms. The van der Waals surface area contributed by atoms with Gasteiger partial charge in [0.1, 0.15) is 6.61 Å². The highest BCUT2D eigenvalue weighted by atomic mass is 16.5. The van der Waals surface area contributed by atoms with Crippen LogP contribution < -0.4 is 4.74 Å². The van der Waals surface area contributed by atoms with Gasteiger partial charge in [0.15, 0.2) is 0 Å². The summed E-state index contributed by atoms with van der Waals surface area (Å²) in [5.74, 6) is 0. The van der Waals surface area contributed by atoms with Crippen LogP contribution in [0.4, 0.5) is 0 Å². The van der Waals surface area contributed by atoms with E-state index in [2.05, 4.69) is 39.1 Å². The predicted molar refractivity (Wildman–Crippen MR) is 104 cm³/mol. The summed E-state index contributed by atoms with van der Waals surface area (Å²) in [5.41, 5.74) is 4.33. The smallest absolute Gasteiger partial charge is 0.317 e. The van der Waals surface area contributed by atoms with Gasteiger partial charge in [-0.05, 0) is 17.2 Å². The fraction of sp³-hybridized carbons (Fsp3) is 0.273. The summed E-state index contributed by atoms with van der Waals surface area (Å²) < 4.78 is 11.2. The average molecular weight is 361 g/mol. The summed E-state index contributed by atoms with van der Waals surface area (Å²) in [7, 11) is 0. The van der Waals surface area contributed by atoms with E-state index in [-0.39, 0.29) is 0 Å². The lowest BCUT2D eigenvalue weighted by Gasteiger charge is -2.26. The third-order valence-corrected chi connectivity index (χ3v) is 4.60. The van der Waals surface area contributed by atoms with Gasteiger partial charge in [-0.2, -0.15) is 4.98 Å². The number of aromatic nitrogens is 2. The Morgan fingerprint density at radius 1 is 0.889 bits per heavy atom. The number of ether oxygens (including phenoxy) is 2. The summed E-state index contributed by atoms with van der Waals surface area (Å²) in [4.78, 5) is 11.1. The van der Waals surface area contributed by atoms with Crippen LogP contribution in [0.1, 0.15) is 11.1 Å². The van der Waals surface area contributed by atoms with E-state index in [9.17, 15) is 0 Å². The first-order valence-corrected chi connectivity index (χ1v) is 9.26. The second-order valence-electron chi connectivity index (χ2n) is 6.58. The van der Waals surface area contributed by atoms with Gasteiger partial charge in [0.2, 0.25) is 0 Å². The highest BCUT2D eigenvalue weighted by Gasteiger charge is 2.10. The second-order valence-corrected chi connectivity index (χ2v) is 6.58. The van der Waals surface area contributed by atoms with Gasteiger partial charge >= 0.3 is 6.01 Å². The molecule has 0 N–H and O–H groups in total. The monoisotopic (exact) mass is 361 g/mol. The molecule has 1 fully saturated rings. The third-order valence-electron chi connectivity index (χ3n) is 4.60. The largest absolute Gasteiger partial charge is 0.459 e. The molecule has 1 saturated heterocycles. The van der Waals surface area contributed by atoms with E-state index >= 15 is 0 Å². The van der Waals surface area contributed by atoms with E-state index in [1.165, 1.54) is 5.56 Å². The molecule has 5 heteroatoms. The molecule has 1 aliphatic heterocycles. The van der Waals surface area contributed by atoms with Crippen molar-refractivity contribution in [3.63, 3.8) is 0 Å². The zero-order valence-corrected chi connectivity index (χ0v) is 15.3. The molecular weight excluding hydrogens is 338 g/mol.